The lowest BCUT2D eigenvalue weighted by atomic mass is 10.2. The highest BCUT2D eigenvalue weighted by molar-refractivity contribution is 7.99. The Labute approximate surface area is 178 Å². The van der Waals surface area contributed by atoms with E-state index >= 15 is 0 Å². The number of fused-ring (bicyclic) bond motifs is 1. The van der Waals surface area contributed by atoms with Crippen LogP contribution in [0.4, 0.5) is 5.69 Å². The Morgan fingerprint density at radius 2 is 2.03 bits per heavy atom. The molecule has 0 radical (unpaired) electrons. The number of aromatic nitrogens is 4. The molecular weight excluding hydrogens is 404 g/mol. The second-order valence-electron chi connectivity index (χ2n) is 7.05. The number of anilines is 1. The van der Waals surface area contributed by atoms with Gasteiger partial charge in [-0.25, -0.2) is 4.98 Å². The number of hydrogen-bond donors (Lipinski definition) is 1. The summed E-state index contributed by atoms with van der Waals surface area (Å²) in [6.45, 7) is 7.02. The van der Waals surface area contributed by atoms with Gasteiger partial charge in [0.05, 0.1) is 5.75 Å². The molecule has 3 heterocycles. The maximum Gasteiger partial charge on any atom is 0.234 e. The number of carbonyl (C=O) groups is 1. The molecule has 1 aromatic carbocycles. The highest BCUT2D eigenvalue weighted by Crippen LogP contribution is 2.20. The number of aryl methyl sites for hydroxylation is 2. The average molecular weight is 429 g/mol. The number of nitrogens with zero attached hydrogens (tertiary/aromatic N) is 5. The van der Waals surface area contributed by atoms with Crippen LogP contribution in [0.25, 0.3) is 5.65 Å². The first-order chi connectivity index (χ1) is 14.1. The van der Waals surface area contributed by atoms with E-state index in [4.69, 9.17) is 0 Å². The molecule has 1 amide bonds. The zero-order valence-electron chi connectivity index (χ0n) is 16.6. The van der Waals surface area contributed by atoms with Gasteiger partial charge in [0.25, 0.3) is 0 Å². The average Bonchev–Trinajstić information content (AvgIpc) is 3.10. The summed E-state index contributed by atoms with van der Waals surface area (Å²) in [6, 6.07) is 10.00. The predicted octanol–water partition coefficient (Wildman–Crippen LogP) is 3.02. The molecule has 0 unspecified atom stereocenters. The third-order valence-corrected chi connectivity index (χ3v) is 6.58. The van der Waals surface area contributed by atoms with Crippen LogP contribution in [0, 0.1) is 13.8 Å². The van der Waals surface area contributed by atoms with Crippen LogP contribution in [-0.2, 0) is 11.3 Å². The van der Waals surface area contributed by atoms with Crippen molar-refractivity contribution in [1.29, 1.82) is 0 Å². The van der Waals surface area contributed by atoms with Crippen molar-refractivity contribution in [3.63, 3.8) is 0 Å². The molecule has 0 spiro atoms. The number of rotatable bonds is 6. The Hall–Kier alpha value is -2.10. The Morgan fingerprint density at radius 1 is 1.21 bits per heavy atom. The quantitative estimate of drug-likeness (QED) is 0.605. The smallest absolute Gasteiger partial charge is 0.234 e. The lowest BCUT2D eigenvalue weighted by molar-refractivity contribution is -0.113. The van der Waals surface area contributed by atoms with E-state index in [2.05, 4.69) is 37.5 Å². The second kappa shape index (κ2) is 9.15. The van der Waals surface area contributed by atoms with Crippen LogP contribution in [-0.4, -0.2) is 60.7 Å². The fourth-order valence-corrected chi connectivity index (χ4v) is 5.15. The van der Waals surface area contributed by atoms with Crippen molar-refractivity contribution in [2.75, 3.05) is 35.7 Å². The van der Waals surface area contributed by atoms with Crippen LogP contribution in [0.5, 0.6) is 0 Å². The molecule has 29 heavy (non-hydrogen) atoms. The lowest BCUT2D eigenvalue weighted by Crippen LogP contribution is -2.31. The number of thioether (sulfide) groups is 2. The molecular formula is C20H24N6OS2. The van der Waals surface area contributed by atoms with E-state index in [1.54, 1.807) is 0 Å². The Kier molecular flexibility index (Phi) is 6.37. The topological polar surface area (TPSA) is 75.4 Å². The maximum atomic E-state index is 12.5. The summed E-state index contributed by atoms with van der Waals surface area (Å²) < 4.78 is 1.88. The van der Waals surface area contributed by atoms with Crippen LogP contribution in [0.3, 0.4) is 0 Å². The van der Waals surface area contributed by atoms with Gasteiger partial charge in [-0.3, -0.25) is 14.1 Å². The number of hydrogen-bond acceptors (Lipinski definition) is 7. The van der Waals surface area contributed by atoms with Gasteiger partial charge in [0, 0.05) is 48.6 Å². The SMILES string of the molecule is Cc1cc2nnc(SCC(=O)Nc3cccc(CN4CCSCC4)c3)n2c(C)n1. The molecule has 0 bridgehead atoms. The first kappa shape index (κ1) is 20.2. The highest BCUT2D eigenvalue weighted by Gasteiger charge is 2.13. The van der Waals surface area contributed by atoms with Crippen LogP contribution >= 0.6 is 23.5 Å². The van der Waals surface area contributed by atoms with Gasteiger partial charge in [-0.05, 0) is 31.5 Å². The number of carbonyl (C=O) groups excluding carboxylic acids is 1. The molecule has 152 valence electrons. The highest BCUT2D eigenvalue weighted by atomic mass is 32.2. The van der Waals surface area contributed by atoms with Crippen molar-refractivity contribution in [3.05, 3.63) is 47.4 Å². The molecule has 1 N–H and O–H groups in total. The van der Waals surface area contributed by atoms with Crippen molar-refractivity contribution in [3.8, 4) is 0 Å². The van der Waals surface area contributed by atoms with Crippen molar-refractivity contribution in [1.82, 2.24) is 24.5 Å². The summed E-state index contributed by atoms with van der Waals surface area (Å²) in [7, 11) is 0. The van der Waals surface area contributed by atoms with E-state index in [0.29, 0.717) is 5.16 Å². The number of nitrogens with one attached hydrogen (secondary N) is 1. The fraction of sp³-hybridized carbons (Fsp3) is 0.400. The summed E-state index contributed by atoms with van der Waals surface area (Å²) in [5.41, 5.74) is 3.71. The van der Waals surface area contributed by atoms with E-state index in [1.807, 2.05) is 48.2 Å². The van der Waals surface area contributed by atoms with Crippen molar-refractivity contribution in [2.45, 2.75) is 25.5 Å². The molecule has 4 rings (SSSR count). The molecule has 1 aliphatic rings. The molecule has 0 saturated carbocycles. The van der Waals surface area contributed by atoms with E-state index in [-0.39, 0.29) is 11.7 Å². The number of amides is 1. The van der Waals surface area contributed by atoms with Crippen molar-refractivity contribution < 1.29 is 4.79 Å². The molecule has 2 aromatic heterocycles. The second-order valence-corrected chi connectivity index (χ2v) is 9.21. The third-order valence-electron chi connectivity index (χ3n) is 4.71. The zero-order valence-corrected chi connectivity index (χ0v) is 18.2. The summed E-state index contributed by atoms with van der Waals surface area (Å²) >= 11 is 3.37. The van der Waals surface area contributed by atoms with Crippen molar-refractivity contribution >= 4 is 40.8 Å². The van der Waals surface area contributed by atoms with Crippen molar-refractivity contribution in [2.24, 2.45) is 0 Å². The first-order valence-electron chi connectivity index (χ1n) is 9.59. The van der Waals surface area contributed by atoms with E-state index in [9.17, 15) is 4.79 Å². The Bertz CT molecular complexity index is 1020. The summed E-state index contributed by atoms with van der Waals surface area (Å²) in [6.07, 6.45) is 0. The molecule has 9 heteroatoms. The van der Waals surface area contributed by atoms with Gasteiger partial charge in [-0.2, -0.15) is 11.8 Å². The molecule has 1 aliphatic heterocycles. The van der Waals surface area contributed by atoms with Gasteiger partial charge in [-0.1, -0.05) is 23.9 Å². The lowest BCUT2D eigenvalue weighted by Gasteiger charge is -2.26. The van der Waals surface area contributed by atoms with Crippen LogP contribution in [0.15, 0.2) is 35.5 Å². The summed E-state index contributed by atoms with van der Waals surface area (Å²) in [5, 5.41) is 12.1. The van der Waals surface area contributed by atoms with Gasteiger partial charge in [0.15, 0.2) is 10.8 Å². The van der Waals surface area contributed by atoms with Gasteiger partial charge in [0.2, 0.25) is 5.91 Å². The minimum Gasteiger partial charge on any atom is -0.325 e. The first-order valence-corrected chi connectivity index (χ1v) is 11.7. The minimum absolute atomic E-state index is 0.0593. The molecule has 7 nitrogen and oxygen atoms in total. The standard InChI is InChI=1S/C20H24N6OS2/c1-14-10-18-23-24-20(26(18)15(2)21-14)29-13-19(27)22-17-5-3-4-16(11-17)12-25-6-8-28-9-7-25/h3-5,10-11H,6-9,12-13H2,1-2H3,(H,22,27). The molecule has 0 aliphatic carbocycles. The van der Waals surface area contributed by atoms with Crippen LogP contribution in [0.1, 0.15) is 17.1 Å². The Morgan fingerprint density at radius 3 is 2.86 bits per heavy atom. The maximum absolute atomic E-state index is 12.5. The van der Waals surface area contributed by atoms with E-state index < -0.39 is 0 Å². The monoisotopic (exact) mass is 428 g/mol. The van der Waals surface area contributed by atoms with Gasteiger partial charge in [-0.15, -0.1) is 10.2 Å². The van der Waals surface area contributed by atoms with Gasteiger partial charge >= 0.3 is 0 Å². The third kappa shape index (κ3) is 5.09. The molecule has 0 atom stereocenters. The summed E-state index contributed by atoms with van der Waals surface area (Å²) in [4.78, 5) is 19.4. The van der Waals surface area contributed by atoms with E-state index in [1.165, 1.54) is 28.8 Å². The summed E-state index contributed by atoms with van der Waals surface area (Å²) in [5.74, 6) is 3.41. The minimum atomic E-state index is -0.0593. The zero-order chi connectivity index (χ0) is 20.2. The van der Waals surface area contributed by atoms with Crippen LogP contribution < -0.4 is 5.32 Å². The molecule has 3 aromatic rings. The molecule has 1 saturated heterocycles. The largest absolute Gasteiger partial charge is 0.325 e. The predicted molar refractivity (Wildman–Crippen MR) is 119 cm³/mol. The van der Waals surface area contributed by atoms with Gasteiger partial charge < -0.3 is 5.32 Å². The molecule has 1 fully saturated rings. The normalized spacial score (nSPS) is 15.0. The van der Waals surface area contributed by atoms with E-state index in [0.717, 1.165) is 42.5 Å². The van der Waals surface area contributed by atoms with Gasteiger partial charge in [0.1, 0.15) is 5.82 Å². The number of benzene rings is 1. The van der Waals surface area contributed by atoms with Crippen LogP contribution in [0.2, 0.25) is 0 Å². The fourth-order valence-electron chi connectivity index (χ4n) is 3.39. The Balaban J connectivity index is 1.36.